The van der Waals surface area contributed by atoms with E-state index < -0.39 is 0 Å². The van der Waals surface area contributed by atoms with Crippen molar-refractivity contribution in [1.82, 2.24) is 0 Å². The predicted octanol–water partition coefficient (Wildman–Crippen LogP) is 4.66. The van der Waals surface area contributed by atoms with Gasteiger partial charge in [0.2, 0.25) is 0 Å². The van der Waals surface area contributed by atoms with E-state index in [9.17, 15) is 4.79 Å². The van der Waals surface area contributed by atoms with Crippen LogP contribution in [-0.2, 0) is 4.79 Å². The zero-order valence-corrected chi connectivity index (χ0v) is 14.5. The molecule has 0 spiro atoms. The summed E-state index contributed by atoms with van der Waals surface area (Å²) in [6.45, 7) is 4.36. The number of hydrogen-bond acceptors (Lipinski definition) is 4. The Kier molecular flexibility index (Phi) is 4.93. The van der Waals surface area contributed by atoms with Crippen molar-refractivity contribution in [2.24, 2.45) is 5.10 Å². The zero-order chi connectivity index (χ0) is 15.5. The molecule has 2 heterocycles. The van der Waals surface area contributed by atoms with Crippen LogP contribution >= 0.6 is 23.5 Å². The third-order valence-corrected chi connectivity index (χ3v) is 6.28. The van der Waals surface area contributed by atoms with Gasteiger partial charge < -0.3 is 0 Å². The van der Waals surface area contributed by atoms with E-state index >= 15 is 0 Å². The van der Waals surface area contributed by atoms with Crippen LogP contribution in [0.1, 0.15) is 33.1 Å². The van der Waals surface area contributed by atoms with E-state index in [4.69, 9.17) is 0 Å². The Bertz CT molecular complexity index is 625. The molecule has 0 aromatic heterocycles. The maximum atomic E-state index is 12.9. The van der Waals surface area contributed by atoms with E-state index in [0.29, 0.717) is 5.25 Å². The number of benzene rings is 1. The first-order valence-corrected chi connectivity index (χ1v) is 9.58. The topological polar surface area (TPSA) is 32.7 Å². The molecule has 1 atom stereocenters. The molecular formula is C17H20N2OS2. The van der Waals surface area contributed by atoms with Gasteiger partial charge in [0, 0.05) is 5.25 Å². The van der Waals surface area contributed by atoms with Gasteiger partial charge in [0.15, 0.2) is 0 Å². The summed E-state index contributed by atoms with van der Waals surface area (Å²) in [5, 5.41) is 6.76. The fraction of sp³-hybridized carbons (Fsp3) is 0.412. The normalized spacial score (nSPS) is 25.5. The standard InChI is InChI=1S/C17H20N2OS2/c1-3-7-14-15(17-21-11-10-12(2)22-17)16(20)19(18-14)13-8-5-4-6-9-13/h4-6,8-9,12H,3,7,10-11H2,1-2H3/b17-15+. The van der Waals surface area contributed by atoms with E-state index in [2.05, 4.69) is 18.9 Å². The molecule has 1 aromatic rings. The average Bonchev–Trinajstić information content (AvgIpc) is 2.85. The first-order chi connectivity index (χ1) is 10.7. The Labute approximate surface area is 140 Å². The van der Waals surface area contributed by atoms with Crippen LogP contribution in [0.2, 0.25) is 0 Å². The summed E-state index contributed by atoms with van der Waals surface area (Å²) in [6.07, 6.45) is 3.04. The molecule has 1 aromatic carbocycles. The van der Waals surface area contributed by atoms with Crippen LogP contribution in [0.3, 0.4) is 0 Å². The highest BCUT2D eigenvalue weighted by Gasteiger charge is 2.34. The van der Waals surface area contributed by atoms with Gasteiger partial charge in [-0.15, -0.1) is 23.5 Å². The van der Waals surface area contributed by atoms with Gasteiger partial charge in [0.1, 0.15) is 0 Å². The van der Waals surface area contributed by atoms with E-state index in [0.717, 1.165) is 39.8 Å². The molecule has 1 saturated heterocycles. The van der Waals surface area contributed by atoms with Crippen LogP contribution in [0.15, 0.2) is 45.2 Å². The highest BCUT2D eigenvalue weighted by atomic mass is 32.2. The van der Waals surface area contributed by atoms with Crippen LogP contribution in [0.4, 0.5) is 5.69 Å². The quantitative estimate of drug-likeness (QED) is 0.755. The van der Waals surface area contributed by atoms with E-state index in [1.165, 1.54) is 6.42 Å². The highest BCUT2D eigenvalue weighted by Crippen LogP contribution is 2.43. The summed E-state index contributed by atoms with van der Waals surface area (Å²) in [5.74, 6) is 1.11. The molecule has 3 nitrogen and oxygen atoms in total. The lowest BCUT2D eigenvalue weighted by Gasteiger charge is -2.21. The van der Waals surface area contributed by atoms with Gasteiger partial charge in [-0.1, -0.05) is 38.5 Å². The fourth-order valence-corrected chi connectivity index (χ4v) is 5.63. The van der Waals surface area contributed by atoms with Crippen LogP contribution in [0, 0.1) is 0 Å². The Morgan fingerprint density at radius 3 is 2.77 bits per heavy atom. The van der Waals surface area contributed by atoms with Crippen molar-refractivity contribution in [3.63, 3.8) is 0 Å². The minimum atomic E-state index is 0.0266. The number of anilines is 1. The molecule has 2 aliphatic rings. The predicted molar refractivity (Wildman–Crippen MR) is 97.4 cm³/mol. The number of hydrazone groups is 1. The Balaban J connectivity index is 1.98. The number of carbonyl (C=O) groups excluding carboxylic acids is 1. The minimum Gasteiger partial charge on any atom is -0.267 e. The summed E-state index contributed by atoms with van der Waals surface area (Å²) in [4.78, 5) is 12.9. The lowest BCUT2D eigenvalue weighted by Crippen LogP contribution is -2.22. The third kappa shape index (κ3) is 3.10. The van der Waals surface area contributed by atoms with Crippen molar-refractivity contribution in [2.75, 3.05) is 10.8 Å². The summed E-state index contributed by atoms with van der Waals surface area (Å²) >= 11 is 3.64. The number of amides is 1. The molecule has 116 valence electrons. The van der Waals surface area contributed by atoms with Crippen molar-refractivity contribution in [1.29, 1.82) is 0 Å². The summed E-state index contributed by atoms with van der Waals surface area (Å²) in [5.41, 5.74) is 2.63. The van der Waals surface area contributed by atoms with Gasteiger partial charge in [-0.3, -0.25) is 4.79 Å². The average molecular weight is 332 g/mol. The Hall–Kier alpha value is -1.20. The van der Waals surface area contributed by atoms with E-state index in [1.807, 2.05) is 53.9 Å². The molecule has 0 N–H and O–H groups in total. The summed E-state index contributed by atoms with van der Waals surface area (Å²) in [7, 11) is 0. The van der Waals surface area contributed by atoms with Crippen molar-refractivity contribution >= 4 is 40.8 Å². The second kappa shape index (κ2) is 6.92. The van der Waals surface area contributed by atoms with Gasteiger partial charge in [0.05, 0.1) is 21.2 Å². The zero-order valence-electron chi connectivity index (χ0n) is 12.9. The molecule has 1 fully saturated rings. The molecule has 22 heavy (non-hydrogen) atoms. The van der Waals surface area contributed by atoms with Gasteiger partial charge >= 0.3 is 0 Å². The second-order valence-electron chi connectivity index (χ2n) is 5.48. The van der Waals surface area contributed by atoms with Crippen molar-refractivity contribution in [2.45, 2.75) is 38.4 Å². The molecule has 5 heteroatoms. The van der Waals surface area contributed by atoms with Gasteiger partial charge in [-0.05, 0) is 30.7 Å². The summed E-state index contributed by atoms with van der Waals surface area (Å²) in [6, 6.07) is 9.70. The first-order valence-electron chi connectivity index (χ1n) is 7.71. The van der Waals surface area contributed by atoms with Gasteiger partial charge in [0.25, 0.3) is 5.91 Å². The number of hydrogen-bond donors (Lipinski definition) is 0. The maximum Gasteiger partial charge on any atom is 0.282 e. The van der Waals surface area contributed by atoms with Crippen molar-refractivity contribution < 1.29 is 4.79 Å². The molecule has 1 unspecified atom stereocenters. The number of rotatable bonds is 3. The molecule has 0 bridgehead atoms. The monoisotopic (exact) mass is 332 g/mol. The number of carbonyl (C=O) groups is 1. The van der Waals surface area contributed by atoms with Gasteiger partial charge in [-0.2, -0.15) is 10.1 Å². The molecule has 3 rings (SSSR count). The van der Waals surface area contributed by atoms with E-state index in [1.54, 1.807) is 5.01 Å². The molecular weight excluding hydrogens is 312 g/mol. The van der Waals surface area contributed by atoms with Crippen LogP contribution < -0.4 is 5.01 Å². The SMILES string of the molecule is CCCC1=NN(c2ccccc2)C(=O)/C1=C1\SCCC(C)S1. The Morgan fingerprint density at radius 1 is 1.32 bits per heavy atom. The molecule has 0 radical (unpaired) electrons. The number of thioether (sulfide) groups is 2. The molecule has 1 amide bonds. The minimum absolute atomic E-state index is 0.0266. The first kappa shape index (κ1) is 15.7. The second-order valence-corrected chi connectivity index (χ2v) is 8.29. The van der Waals surface area contributed by atoms with Crippen molar-refractivity contribution in [3.8, 4) is 0 Å². The lowest BCUT2D eigenvalue weighted by atomic mass is 10.1. The number of nitrogens with zero attached hydrogens (tertiary/aromatic N) is 2. The van der Waals surface area contributed by atoms with Crippen molar-refractivity contribution in [3.05, 3.63) is 40.1 Å². The maximum absolute atomic E-state index is 12.9. The van der Waals surface area contributed by atoms with Crippen LogP contribution in [0.5, 0.6) is 0 Å². The molecule has 2 aliphatic heterocycles. The smallest absolute Gasteiger partial charge is 0.267 e. The largest absolute Gasteiger partial charge is 0.282 e. The van der Waals surface area contributed by atoms with E-state index in [-0.39, 0.29) is 5.91 Å². The molecule has 0 saturated carbocycles. The third-order valence-electron chi connectivity index (χ3n) is 3.67. The fourth-order valence-electron chi connectivity index (χ4n) is 2.53. The lowest BCUT2D eigenvalue weighted by molar-refractivity contribution is -0.114. The summed E-state index contributed by atoms with van der Waals surface area (Å²) < 4.78 is 1.16. The molecule has 0 aliphatic carbocycles. The number of para-hydroxylation sites is 1. The Morgan fingerprint density at radius 2 is 2.09 bits per heavy atom. The van der Waals surface area contributed by atoms with Crippen LogP contribution in [0.25, 0.3) is 0 Å². The van der Waals surface area contributed by atoms with Crippen LogP contribution in [-0.4, -0.2) is 22.6 Å². The highest BCUT2D eigenvalue weighted by molar-refractivity contribution is 8.23. The van der Waals surface area contributed by atoms with Gasteiger partial charge in [-0.25, -0.2) is 0 Å².